The van der Waals surface area contributed by atoms with Crippen LogP contribution in [-0.4, -0.2) is 15.2 Å². The Hall–Kier alpha value is -2.33. The summed E-state index contributed by atoms with van der Waals surface area (Å²) in [6, 6.07) is 9.56. The Kier molecular flexibility index (Phi) is 3.16. The molecular weight excluding hydrogens is 272 g/mol. The van der Waals surface area contributed by atoms with Crippen molar-refractivity contribution in [3.63, 3.8) is 0 Å². The number of anilines is 1. The predicted octanol–water partition coefficient (Wildman–Crippen LogP) is 3.68. The van der Waals surface area contributed by atoms with Crippen molar-refractivity contribution < 1.29 is 0 Å². The van der Waals surface area contributed by atoms with E-state index in [1.54, 1.807) is 6.20 Å². The summed E-state index contributed by atoms with van der Waals surface area (Å²) >= 11 is 5.93. The van der Waals surface area contributed by atoms with Crippen LogP contribution in [0.4, 0.5) is 5.82 Å². The van der Waals surface area contributed by atoms with Gasteiger partial charge in [-0.2, -0.15) is 5.10 Å². The van der Waals surface area contributed by atoms with Gasteiger partial charge >= 0.3 is 0 Å². The molecule has 2 aromatic heterocycles. The third-order valence-corrected chi connectivity index (χ3v) is 3.34. The van der Waals surface area contributed by atoms with Crippen molar-refractivity contribution in [3.8, 4) is 22.4 Å². The predicted molar refractivity (Wildman–Crippen MR) is 81.4 cm³/mol. The van der Waals surface area contributed by atoms with Gasteiger partial charge in [-0.15, -0.1) is 0 Å². The summed E-state index contributed by atoms with van der Waals surface area (Å²) < 4.78 is 0. The molecule has 20 heavy (non-hydrogen) atoms. The zero-order valence-electron chi connectivity index (χ0n) is 10.9. The molecule has 0 atom stereocenters. The summed E-state index contributed by atoms with van der Waals surface area (Å²) in [4.78, 5) is 4.21. The van der Waals surface area contributed by atoms with Crippen LogP contribution in [0.1, 0.15) is 5.56 Å². The van der Waals surface area contributed by atoms with Crippen LogP contribution in [0.3, 0.4) is 0 Å². The number of aromatic amines is 1. The molecule has 0 radical (unpaired) electrons. The zero-order valence-corrected chi connectivity index (χ0v) is 11.6. The average Bonchev–Trinajstić information content (AvgIpc) is 2.82. The van der Waals surface area contributed by atoms with E-state index in [2.05, 4.69) is 15.2 Å². The van der Waals surface area contributed by atoms with Gasteiger partial charge in [0.2, 0.25) is 0 Å². The van der Waals surface area contributed by atoms with Crippen LogP contribution in [0.15, 0.2) is 42.7 Å². The Morgan fingerprint density at radius 2 is 1.85 bits per heavy atom. The summed E-state index contributed by atoms with van der Waals surface area (Å²) in [6.45, 7) is 2.00. The van der Waals surface area contributed by atoms with Crippen molar-refractivity contribution in [1.82, 2.24) is 15.2 Å². The fourth-order valence-electron chi connectivity index (χ4n) is 2.17. The van der Waals surface area contributed by atoms with Gasteiger partial charge in [0.05, 0.1) is 11.3 Å². The van der Waals surface area contributed by atoms with Crippen molar-refractivity contribution in [1.29, 1.82) is 0 Å². The zero-order chi connectivity index (χ0) is 14.1. The molecule has 3 aromatic rings. The molecule has 0 spiro atoms. The Labute approximate surface area is 121 Å². The molecular formula is C15H13ClN4. The molecule has 0 fully saturated rings. The van der Waals surface area contributed by atoms with Crippen LogP contribution < -0.4 is 5.73 Å². The number of benzene rings is 1. The van der Waals surface area contributed by atoms with Crippen LogP contribution in [0.2, 0.25) is 5.02 Å². The average molecular weight is 285 g/mol. The fraction of sp³-hybridized carbons (Fsp3) is 0.0667. The van der Waals surface area contributed by atoms with Gasteiger partial charge in [0.1, 0.15) is 0 Å². The maximum absolute atomic E-state index is 5.99. The third kappa shape index (κ3) is 2.26. The van der Waals surface area contributed by atoms with Crippen LogP contribution in [0, 0.1) is 6.92 Å². The van der Waals surface area contributed by atoms with Gasteiger partial charge in [-0.3, -0.25) is 10.1 Å². The minimum absolute atomic E-state index is 0.462. The van der Waals surface area contributed by atoms with Gasteiger partial charge in [0.15, 0.2) is 5.82 Å². The van der Waals surface area contributed by atoms with Crippen LogP contribution in [0.25, 0.3) is 22.4 Å². The van der Waals surface area contributed by atoms with Gasteiger partial charge in [0.25, 0.3) is 0 Å². The molecule has 1 aromatic carbocycles. The first kappa shape index (κ1) is 12.7. The number of nitrogen functional groups attached to an aromatic ring is 1. The first-order chi connectivity index (χ1) is 9.65. The lowest BCUT2D eigenvalue weighted by atomic mass is 10.0. The second-order valence-corrected chi connectivity index (χ2v) is 5.05. The molecule has 0 unspecified atom stereocenters. The Bertz CT molecular complexity index is 747. The molecule has 0 aliphatic heterocycles. The first-order valence-electron chi connectivity index (χ1n) is 6.17. The Morgan fingerprint density at radius 1 is 1.10 bits per heavy atom. The largest absolute Gasteiger partial charge is 0.382 e. The summed E-state index contributed by atoms with van der Waals surface area (Å²) in [5, 5.41) is 7.79. The lowest BCUT2D eigenvalue weighted by molar-refractivity contribution is 1.10. The quantitative estimate of drug-likeness (QED) is 0.754. The maximum atomic E-state index is 5.99. The molecule has 3 rings (SSSR count). The van der Waals surface area contributed by atoms with Gasteiger partial charge in [-0.25, -0.2) is 0 Å². The van der Waals surface area contributed by atoms with E-state index in [1.165, 1.54) is 0 Å². The van der Waals surface area contributed by atoms with Gasteiger partial charge in [-0.1, -0.05) is 23.7 Å². The maximum Gasteiger partial charge on any atom is 0.153 e. The number of rotatable bonds is 2. The van der Waals surface area contributed by atoms with E-state index < -0.39 is 0 Å². The van der Waals surface area contributed by atoms with E-state index in [-0.39, 0.29) is 0 Å². The highest BCUT2D eigenvalue weighted by molar-refractivity contribution is 6.30. The molecule has 100 valence electrons. The summed E-state index contributed by atoms with van der Waals surface area (Å²) in [5.74, 6) is 0.462. The van der Waals surface area contributed by atoms with Crippen molar-refractivity contribution in [2.45, 2.75) is 6.92 Å². The minimum Gasteiger partial charge on any atom is -0.382 e. The smallest absolute Gasteiger partial charge is 0.153 e. The normalized spacial score (nSPS) is 10.7. The topological polar surface area (TPSA) is 67.6 Å². The molecule has 0 amide bonds. The Morgan fingerprint density at radius 3 is 2.55 bits per heavy atom. The molecule has 0 bridgehead atoms. The van der Waals surface area contributed by atoms with Gasteiger partial charge in [0, 0.05) is 23.0 Å². The van der Waals surface area contributed by atoms with Gasteiger partial charge in [-0.05, 0) is 36.2 Å². The highest BCUT2D eigenvalue weighted by Crippen LogP contribution is 2.34. The van der Waals surface area contributed by atoms with E-state index in [4.69, 9.17) is 17.3 Å². The van der Waals surface area contributed by atoms with E-state index >= 15 is 0 Å². The van der Waals surface area contributed by atoms with Crippen LogP contribution >= 0.6 is 11.6 Å². The summed E-state index contributed by atoms with van der Waals surface area (Å²) in [6.07, 6.45) is 3.60. The molecule has 4 nitrogen and oxygen atoms in total. The second-order valence-electron chi connectivity index (χ2n) is 4.62. The molecule has 0 aliphatic carbocycles. The van der Waals surface area contributed by atoms with Crippen molar-refractivity contribution in [2.75, 3.05) is 5.73 Å². The molecule has 5 heteroatoms. The van der Waals surface area contributed by atoms with Crippen molar-refractivity contribution in [2.24, 2.45) is 0 Å². The summed E-state index contributed by atoms with van der Waals surface area (Å²) in [7, 11) is 0. The van der Waals surface area contributed by atoms with E-state index in [0.717, 1.165) is 27.9 Å². The number of aryl methyl sites for hydroxylation is 1. The van der Waals surface area contributed by atoms with Crippen molar-refractivity contribution in [3.05, 3.63) is 53.3 Å². The summed E-state index contributed by atoms with van der Waals surface area (Å²) in [5.41, 5.74) is 10.7. The SMILES string of the molecule is Cc1cncc(-c2[nH]nc(N)c2-c2ccc(Cl)cc2)c1. The Balaban J connectivity index is 2.17. The third-order valence-electron chi connectivity index (χ3n) is 3.09. The number of nitrogens with one attached hydrogen (secondary N) is 1. The highest BCUT2D eigenvalue weighted by Gasteiger charge is 2.15. The van der Waals surface area contributed by atoms with Crippen LogP contribution in [-0.2, 0) is 0 Å². The van der Waals surface area contributed by atoms with Crippen LogP contribution in [0.5, 0.6) is 0 Å². The minimum atomic E-state index is 0.462. The number of nitrogens with zero attached hydrogens (tertiary/aromatic N) is 2. The number of pyridine rings is 1. The second kappa shape index (κ2) is 4.98. The van der Waals surface area contributed by atoms with E-state index in [9.17, 15) is 0 Å². The highest BCUT2D eigenvalue weighted by atomic mass is 35.5. The molecule has 0 saturated carbocycles. The molecule has 0 aliphatic rings. The number of hydrogen-bond acceptors (Lipinski definition) is 3. The monoisotopic (exact) mass is 284 g/mol. The number of aromatic nitrogens is 3. The lowest BCUT2D eigenvalue weighted by Crippen LogP contribution is -1.89. The van der Waals surface area contributed by atoms with Gasteiger partial charge < -0.3 is 5.73 Å². The number of H-pyrrole nitrogens is 1. The fourth-order valence-corrected chi connectivity index (χ4v) is 2.29. The number of hydrogen-bond donors (Lipinski definition) is 2. The van der Waals surface area contributed by atoms with E-state index in [0.29, 0.717) is 10.8 Å². The number of nitrogens with two attached hydrogens (primary N) is 1. The molecule has 0 saturated heterocycles. The van der Waals surface area contributed by atoms with E-state index in [1.807, 2.05) is 43.5 Å². The van der Waals surface area contributed by atoms with Crippen molar-refractivity contribution >= 4 is 17.4 Å². The molecule has 2 heterocycles. The lowest BCUT2D eigenvalue weighted by Gasteiger charge is -2.05. The number of halogens is 1. The molecule has 3 N–H and O–H groups in total. The standard InChI is InChI=1S/C15H13ClN4/c1-9-6-11(8-18-7-9)14-13(15(17)20-19-14)10-2-4-12(16)5-3-10/h2-8H,1H3,(H3,17,19,20). The first-order valence-corrected chi connectivity index (χ1v) is 6.55.